The molecule has 0 amide bonds. The van der Waals surface area contributed by atoms with E-state index >= 15 is 0 Å². The van der Waals surface area contributed by atoms with E-state index in [1.165, 1.54) is 10.6 Å². The van der Waals surface area contributed by atoms with Crippen molar-refractivity contribution in [2.24, 2.45) is 13.0 Å². The molecular formula is C23H28N4O2S2. The Kier molecular flexibility index (Phi) is 5.73. The molecule has 3 aliphatic rings. The third-order valence-corrected chi connectivity index (χ3v) is 8.90. The van der Waals surface area contributed by atoms with Gasteiger partial charge in [0.15, 0.2) is 0 Å². The number of sulfonamides is 1. The maximum Gasteiger partial charge on any atom is 0.215 e. The molecule has 4 atom stereocenters. The molecule has 3 saturated heterocycles. The highest BCUT2D eigenvalue weighted by molar-refractivity contribution is 7.88. The summed E-state index contributed by atoms with van der Waals surface area (Å²) in [6.45, 7) is 2.51. The van der Waals surface area contributed by atoms with Crippen molar-refractivity contribution in [3.05, 3.63) is 65.2 Å². The molecule has 0 radical (unpaired) electrons. The number of piperidine rings is 3. The number of benzene rings is 1. The Morgan fingerprint density at radius 3 is 2.74 bits per heavy atom. The average Bonchev–Trinajstić information content (AvgIpc) is 3.43. The molecule has 8 heteroatoms. The standard InChI is InChI=1S/C23H28N4O2S2/c1-26-22(13-21(25-26)23-8-5-11-30-23)20-15-27-10-9-18(20)12-19(27)14-24-31(28,29)16-17-6-3-2-4-7-17/h2-8,11,13,18-20,24H,9-10,12,14-16H2,1H3. The van der Waals surface area contributed by atoms with E-state index in [9.17, 15) is 8.42 Å². The molecule has 6 nitrogen and oxygen atoms in total. The van der Waals surface area contributed by atoms with Gasteiger partial charge in [-0.05, 0) is 48.4 Å². The first-order valence-electron chi connectivity index (χ1n) is 10.8. The summed E-state index contributed by atoms with van der Waals surface area (Å²) < 4.78 is 30.0. The van der Waals surface area contributed by atoms with Crippen molar-refractivity contribution in [3.63, 3.8) is 0 Å². The highest BCUT2D eigenvalue weighted by Crippen LogP contribution is 2.42. The molecule has 3 aromatic rings. The topological polar surface area (TPSA) is 67.2 Å². The lowest BCUT2D eigenvalue weighted by Crippen LogP contribution is -2.56. The number of aryl methyl sites for hydroxylation is 1. The Morgan fingerprint density at radius 2 is 2.03 bits per heavy atom. The minimum absolute atomic E-state index is 0.0349. The quantitative estimate of drug-likeness (QED) is 0.591. The molecule has 164 valence electrons. The Bertz CT molecular complexity index is 1130. The summed E-state index contributed by atoms with van der Waals surface area (Å²) >= 11 is 1.72. The predicted molar refractivity (Wildman–Crippen MR) is 124 cm³/mol. The molecule has 3 fully saturated rings. The van der Waals surface area contributed by atoms with E-state index in [0.717, 1.165) is 37.2 Å². The van der Waals surface area contributed by atoms with Gasteiger partial charge in [-0.3, -0.25) is 9.58 Å². The minimum atomic E-state index is -3.33. The monoisotopic (exact) mass is 456 g/mol. The number of thiophene rings is 1. The lowest BCUT2D eigenvalue weighted by Gasteiger charge is -2.49. The van der Waals surface area contributed by atoms with Crippen LogP contribution in [-0.4, -0.2) is 48.8 Å². The van der Waals surface area contributed by atoms with E-state index in [4.69, 9.17) is 5.10 Å². The summed E-state index contributed by atoms with van der Waals surface area (Å²) in [7, 11) is -1.29. The molecule has 2 bridgehead atoms. The average molecular weight is 457 g/mol. The zero-order valence-corrected chi connectivity index (χ0v) is 19.3. The number of aromatic nitrogens is 2. The van der Waals surface area contributed by atoms with Crippen molar-refractivity contribution in [2.75, 3.05) is 19.6 Å². The summed E-state index contributed by atoms with van der Waals surface area (Å²) in [5.74, 6) is 1.06. The van der Waals surface area contributed by atoms with Crippen LogP contribution in [0, 0.1) is 5.92 Å². The molecule has 0 saturated carbocycles. The summed E-state index contributed by atoms with van der Waals surface area (Å²) in [6, 6.07) is 16.1. The number of hydrogen-bond donors (Lipinski definition) is 1. The fraction of sp³-hybridized carbons (Fsp3) is 0.435. The van der Waals surface area contributed by atoms with Crippen LogP contribution in [0.15, 0.2) is 53.9 Å². The summed E-state index contributed by atoms with van der Waals surface area (Å²) in [5.41, 5.74) is 3.16. The van der Waals surface area contributed by atoms with Crippen molar-refractivity contribution >= 4 is 21.4 Å². The zero-order valence-electron chi connectivity index (χ0n) is 17.6. The maximum atomic E-state index is 12.6. The van der Waals surface area contributed by atoms with Gasteiger partial charge in [0.1, 0.15) is 5.69 Å². The van der Waals surface area contributed by atoms with Crippen LogP contribution in [0.25, 0.3) is 10.6 Å². The van der Waals surface area contributed by atoms with Crippen LogP contribution in [0.2, 0.25) is 0 Å². The van der Waals surface area contributed by atoms with E-state index in [0.29, 0.717) is 18.4 Å². The van der Waals surface area contributed by atoms with Gasteiger partial charge in [0.25, 0.3) is 0 Å². The molecule has 31 heavy (non-hydrogen) atoms. The van der Waals surface area contributed by atoms with E-state index in [1.54, 1.807) is 11.3 Å². The smallest absolute Gasteiger partial charge is 0.215 e. The third kappa shape index (κ3) is 4.48. The Balaban J connectivity index is 1.23. The SMILES string of the molecule is Cn1nc(-c2cccs2)cc1C1CN2CCC1CC2CNS(=O)(=O)Cc1ccccc1. The molecule has 6 rings (SSSR count). The first kappa shape index (κ1) is 20.9. The molecule has 4 unspecified atom stereocenters. The highest BCUT2D eigenvalue weighted by Gasteiger charge is 2.42. The first-order valence-corrected chi connectivity index (χ1v) is 13.3. The molecule has 0 spiro atoms. The van der Waals surface area contributed by atoms with Gasteiger partial charge >= 0.3 is 0 Å². The number of fused-ring (bicyclic) bond motifs is 3. The van der Waals surface area contributed by atoms with Crippen LogP contribution in [0.4, 0.5) is 0 Å². The Morgan fingerprint density at radius 1 is 1.19 bits per heavy atom. The normalized spacial score (nSPS) is 25.7. The van der Waals surface area contributed by atoms with Gasteiger partial charge in [-0.1, -0.05) is 36.4 Å². The van der Waals surface area contributed by atoms with Crippen molar-refractivity contribution in [3.8, 4) is 10.6 Å². The van der Waals surface area contributed by atoms with Gasteiger partial charge in [0.05, 0.1) is 10.6 Å². The Hall–Kier alpha value is -2.00. The fourth-order valence-electron chi connectivity index (χ4n) is 5.13. The number of rotatable bonds is 7. The second-order valence-corrected chi connectivity index (χ2v) is 11.4. The lowest BCUT2D eigenvalue weighted by molar-refractivity contribution is 0.0306. The van der Waals surface area contributed by atoms with Crippen LogP contribution in [-0.2, 0) is 22.8 Å². The van der Waals surface area contributed by atoms with Crippen molar-refractivity contribution in [1.82, 2.24) is 19.4 Å². The molecule has 1 aromatic carbocycles. The van der Waals surface area contributed by atoms with E-state index in [-0.39, 0.29) is 11.8 Å². The highest BCUT2D eigenvalue weighted by atomic mass is 32.2. The Labute approximate surface area is 188 Å². The van der Waals surface area contributed by atoms with Crippen molar-refractivity contribution in [1.29, 1.82) is 0 Å². The lowest BCUT2D eigenvalue weighted by atomic mass is 9.74. The summed E-state index contributed by atoms with van der Waals surface area (Å²) in [4.78, 5) is 3.67. The van der Waals surface area contributed by atoms with Crippen LogP contribution in [0.3, 0.4) is 0 Å². The van der Waals surface area contributed by atoms with Gasteiger partial charge in [-0.25, -0.2) is 13.1 Å². The molecule has 5 heterocycles. The van der Waals surface area contributed by atoms with Gasteiger partial charge in [0, 0.05) is 37.8 Å². The van der Waals surface area contributed by atoms with Crippen LogP contribution < -0.4 is 4.72 Å². The third-order valence-electron chi connectivity index (χ3n) is 6.69. The molecule has 3 aliphatic heterocycles. The molecule has 2 aromatic heterocycles. The van der Waals surface area contributed by atoms with Gasteiger partial charge in [-0.15, -0.1) is 11.3 Å². The van der Waals surface area contributed by atoms with Gasteiger partial charge in [-0.2, -0.15) is 5.10 Å². The molecular weight excluding hydrogens is 428 g/mol. The molecule has 1 N–H and O–H groups in total. The zero-order chi connectivity index (χ0) is 21.4. The fourth-order valence-corrected chi connectivity index (χ4v) is 6.99. The van der Waals surface area contributed by atoms with E-state index < -0.39 is 10.0 Å². The van der Waals surface area contributed by atoms with Crippen molar-refractivity contribution < 1.29 is 8.42 Å². The van der Waals surface area contributed by atoms with Gasteiger partial charge in [0.2, 0.25) is 10.0 Å². The van der Waals surface area contributed by atoms with Gasteiger partial charge < -0.3 is 0 Å². The first-order chi connectivity index (χ1) is 15.0. The summed E-state index contributed by atoms with van der Waals surface area (Å²) in [5, 5.41) is 6.84. The second-order valence-electron chi connectivity index (χ2n) is 8.69. The molecule has 0 aliphatic carbocycles. The van der Waals surface area contributed by atoms with Crippen LogP contribution in [0.5, 0.6) is 0 Å². The van der Waals surface area contributed by atoms with Crippen LogP contribution in [0.1, 0.15) is 30.0 Å². The summed E-state index contributed by atoms with van der Waals surface area (Å²) in [6.07, 6.45) is 2.19. The maximum absolute atomic E-state index is 12.6. The van der Waals surface area contributed by atoms with E-state index in [2.05, 4.69) is 33.2 Å². The number of hydrogen-bond acceptors (Lipinski definition) is 5. The van der Waals surface area contributed by atoms with Crippen LogP contribution >= 0.6 is 11.3 Å². The second kappa shape index (κ2) is 8.50. The number of nitrogens with one attached hydrogen (secondary N) is 1. The van der Waals surface area contributed by atoms with E-state index in [1.807, 2.05) is 42.1 Å². The number of nitrogens with zero attached hydrogens (tertiary/aromatic N) is 3. The van der Waals surface area contributed by atoms with Crippen molar-refractivity contribution in [2.45, 2.75) is 30.6 Å². The largest absolute Gasteiger partial charge is 0.298 e. The minimum Gasteiger partial charge on any atom is -0.298 e. The predicted octanol–water partition coefficient (Wildman–Crippen LogP) is 3.45.